The van der Waals surface area contributed by atoms with E-state index >= 15 is 4.39 Å². The quantitative estimate of drug-likeness (QED) is 0.0215. The fourth-order valence-electron chi connectivity index (χ4n) is 9.72. The number of hydrogen-bond donors (Lipinski definition) is 6. The summed E-state index contributed by atoms with van der Waals surface area (Å²) in [5.41, 5.74) is 2.86. The number of nitrogens with zero attached hydrogens (tertiary/aromatic N) is 3. The van der Waals surface area contributed by atoms with Crippen molar-refractivity contribution in [2.75, 3.05) is 77.3 Å². The minimum absolute atomic E-state index is 0.0338. The Hall–Kier alpha value is -6.48. The van der Waals surface area contributed by atoms with Crippen molar-refractivity contribution in [1.29, 1.82) is 0 Å². The molecule has 3 saturated heterocycles. The van der Waals surface area contributed by atoms with E-state index in [9.17, 15) is 32.3 Å². The number of halogens is 6. The number of unbranched alkanes of at least 4 members (excludes halogenated alkanes) is 4. The predicted octanol–water partition coefficient (Wildman–Crippen LogP) is 8.83. The van der Waals surface area contributed by atoms with E-state index in [-0.39, 0.29) is 78.4 Å². The fourth-order valence-corrected chi connectivity index (χ4v) is 11.1. The van der Waals surface area contributed by atoms with E-state index in [1.165, 1.54) is 13.2 Å². The number of thiophene rings is 1. The summed E-state index contributed by atoms with van der Waals surface area (Å²) in [4.78, 5) is 39.8. The zero-order valence-corrected chi connectivity index (χ0v) is 44.4. The number of anilines is 2. The van der Waals surface area contributed by atoms with Crippen LogP contribution < -0.4 is 35.5 Å². The molecule has 9 rings (SSSR count). The molecule has 0 bridgehead atoms. The van der Waals surface area contributed by atoms with Gasteiger partial charge in [-0.1, -0.05) is 54.8 Å². The molecule has 0 aliphatic carbocycles. The first-order valence-electron chi connectivity index (χ1n) is 25.8. The van der Waals surface area contributed by atoms with Crippen LogP contribution in [0.15, 0.2) is 60.7 Å². The van der Waals surface area contributed by atoms with Crippen LogP contribution in [0.5, 0.6) is 17.5 Å². The number of aliphatic hydroxyl groups is 1. The van der Waals surface area contributed by atoms with E-state index in [4.69, 9.17) is 35.3 Å². The van der Waals surface area contributed by atoms with Crippen molar-refractivity contribution in [3.05, 3.63) is 87.5 Å². The van der Waals surface area contributed by atoms with Crippen LogP contribution in [0.25, 0.3) is 32.5 Å². The summed E-state index contributed by atoms with van der Waals surface area (Å²) < 4.78 is 101. The third-order valence-electron chi connectivity index (χ3n) is 13.7. The summed E-state index contributed by atoms with van der Waals surface area (Å²) in [5.74, 6) is 4.99. The number of aliphatic hydroxyl groups excluding tert-OH is 1. The van der Waals surface area contributed by atoms with Crippen molar-refractivity contribution >= 4 is 67.4 Å². The maximum absolute atomic E-state index is 15.3. The number of H-pyrrole nitrogens is 1. The molecular weight excluding hydrogens is 1060 g/mol. The van der Waals surface area contributed by atoms with E-state index in [0.717, 1.165) is 42.2 Å². The molecule has 0 spiro atoms. The first-order valence-corrected chi connectivity index (χ1v) is 27.0. The van der Waals surface area contributed by atoms with Gasteiger partial charge in [-0.3, -0.25) is 9.59 Å². The molecule has 0 unspecified atom stereocenters. The van der Waals surface area contributed by atoms with Crippen molar-refractivity contribution in [1.82, 2.24) is 30.5 Å². The number of aromatic nitrogens is 3. The number of benzene rings is 3. The molecule has 6 aromatic rings. The van der Waals surface area contributed by atoms with Gasteiger partial charge >= 0.3 is 6.18 Å². The number of amides is 2. The number of methoxy groups -OCH3 is 1. The second-order valence-corrected chi connectivity index (χ2v) is 20.9. The Morgan fingerprint density at radius 1 is 0.987 bits per heavy atom. The highest BCUT2D eigenvalue weighted by Gasteiger charge is 2.48. The number of aromatic amines is 1. The Morgan fingerprint density at radius 2 is 1.78 bits per heavy atom. The molecule has 3 fully saturated rings. The summed E-state index contributed by atoms with van der Waals surface area (Å²) in [6, 6.07) is 16.1. The number of imidazole rings is 1. The number of ether oxygens (including phenoxy) is 5. The first kappa shape index (κ1) is 56.2. The van der Waals surface area contributed by atoms with Gasteiger partial charge in [-0.25, -0.2) is 13.8 Å². The van der Waals surface area contributed by atoms with E-state index in [2.05, 4.69) is 48.1 Å². The van der Waals surface area contributed by atoms with E-state index in [1.54, 1.807) is 36.4 Å². The normalized spacial score (nSPS) is 20.3. The number of hydrogen-bond acceptors (Lipinski definition) is 14. The van der Waals surface area contributed by atoms with E-state index in [1.807, 2.05) is 24.1 Å². The van der Waals surface area contributed by atoms with Gasteiger partial charge in [0.05, 0.1) is 88.6 Å². The molecule has 2 amide bonds. The number of fused-ring (bicyclic) bond motifs is 3. The minimum atomic E-state index is -4.50. The fraction of sp³-hybridized carbons (Fsp3) is 0.455. The topological polar surface area (TPSA) is 193 Å². The molecule has 416 valence electrons. The summed E-state index contributed by atoms with van der Waals surface area (Å²) in [5, 5.41) is 22.6. The maximum atomic E-state index is 15.3. The van der Waals surface area contributed by atoms with Gasteiger partial charge in [0.1, 0.15) is 48.4 Å². The maximum Gasteiger partial charge on any atom is 0.393 e. The summed E-state index contributed by atoms with van der Waals surface area (Å²) >= 11 is 7.72. The first-order chi connectivity index (χ1) is 37.6. The third-order valence-corrected chi connectivity index (χ3v) is 15.2. The Morgan fingerprint density at radius 3 is 2.58 bits per heavy atom. The Bertz CT molecular complexity index is 3140. The zero-order chi connectivity index (χ0) is 54.9. The molecule has 23 heteroatoms. The molecule has 0 saturated carbocycles. The van der Waals surface area contributed by atoms with Crippen LogP contribution >= 0.6 is 22.9 Å². The predicted molar refractivity (Wildman–Crippen MR) is 287 cm³/mol. The smallest absolute Gasteiger partial charge is 0.393 e. The SMILES string of the molecule is COc1cc(C(=O)NCCCCCCCC(=O)NCCOc2ccc(-c3nc4nc(O[C@@H]5CO[C@H]6[C@@H]5OC[C@H]6O)[nH]c4cc3Cl)cc2)c(F)cc1NCC#Cc1sc2c(N[C@@H]3CCN(C)C[C@@H]3F)cccc2c1CC(F)(F)F. The number of rotatable bonds is 22. The van der Waals surface area contributed by atoms with Gasteiger partial charge in [-0.05, 0) is 79.7 Å². The van der Waals surface area contributed by atoms with Gasteiger partial charge in [0.15, 0.2) is 11.8 Å². The van der Waals surface area contributed by atoms with E-state index < -0.39 is 54.8 Å². The second kappa shape index (κ2) is 25.5. The molecule has 6 N–H and O–H groups in total. The van der Waals surface area contributed by atoms with Gasteiger partial charge in [-0.2, -0.15) is 18.2 Å². The van der Waals surface area contributed by atoms with Crippen LogP contribution in [-0.4, -0.2) is 146 Å². The average Bonchev–Trinajstić information content (AvgIpc) is 4.36. The molecule has 6 heterocycles. The van der Waals surface area contributed by atoms with Crippen LogP contribution in [0, 0.1) is 17.7 Å². The van der Waals surface area contributed by atoms with Crippen LogP contribution in [0.3, 0.4) is 0 Å². The lowest BCUT2D eigenvalue weighted by molar-refractivity contribution is -0.127. The molecule has 3 aliphatic rings. The van der Waals surface area contributed by atoms with Crippen LogP contribution in [0.1, 0.15) is 65.7 Å². The number of carbonyl (C=O) groups excluding carboxylic acids is 2. The number of likely N-dealkylation sites (tertiary alicyclic amines) is 1. The monoisotopic (exact) mass is 1120 g/mol. The standard InChI is InChI=1S/C55H60ClF5N8O8S/c1-69-22-18-39(38(58)28-69)65-40-11-8-10-33-35(27-55(59,60)61)46(78-51(33)40)12-9-20-62-41-26-37(57)34(24-44(41)73-2)53(72)64-19-7-5-3-4-6-13-47(71)63-21-23-74-32-16-14-31(15-17-32)48-36(56)25-42-52(67-48)68-54(66-42)77-45-30-76-49-43(70)29-75-50(45)49/h8,10-11,14-17,24-26,38-39,43,45,49-50,62,65,70H,3-7,13,18-23,27-30H2,1-2H3,(H,63,71)(H,64,72)(H,66,67,68)/t38-,39+,43+,45+,49+,50+/m0/s1. The largest absolute Gasteiger partial charge is 0.495 e. The summed E-state index contributed by atoms with van der Waals surface area (Å²) in [6.07, 6.45) is -4.09. The van der Waals surface area contributed by atoms with Crippen LogP contribution in [0.4, 0.5) is 33.3 Å². The van der Waals surface area contributed by atoms with Crippen molar-refractivity contribution in [3.63, 3.8) is 0 Å². The molecule has 3 aromatic carbocycles. The average molecular weight is 1120 g/mol. The molecular formula is C55H60ClF5N8O8S. The van der Waals surface area contributed by atoms with Crippen molar-refractivity contribution in [3.8, 4) is 40.6 Å². The lowest BCUT2D eigenvalue weighted by Gasteiger charge is -2.33. The molecule has 3 aliphatic heterocycles. The Balaban J connectivity index is 0.655. The van der Waals surface area contributed by atoms with Gasteiger partial charge in [0, 0.05) is 37.7 Å². The molecule has 16 nitrogen and oxygen atoms in total. The molecule has 78 heavy (non-hydrogen) atoms. The van der Waals surface area contributed by atoms with Crippen LogP contribution in [0.2, 0.25) is 5.02 Å². The highest BCUT2D eigenvalue weighted by atomic mass is 35.5. The molecule has 0 radical (unpaired) electrons. The van der Waals surface area contributed by atoms with Crippen molar-refractivity contribution < 1.29 is 60.3 Å². The highest BCUT2D eigenvalue weighted by Crippen LogP contribution is 2.40. The van der Waals surface area contributed by atoms with Gasteiger partial charge in [0.25, 0.3) is 11.9 Å². The zero-order valence-electron chi connectivity index (χ0n) is 42.9. The van der Waals surface area contributed by atoms with Gasteiger partial charge < -0.3 is 59.9 Å². The minimum Gasteiger partial charge on any atom is -0.495 e. The lowest BCUT2D eigenvalue weighted by Crippen LogP contribution is -2.46. The van der Waals surface area contributed by atoms with Crippen molar-refractivity contribution in [2.45, 2.75) is 94.2 Å². The van der Waals surface area contributed by atoms with Gasteiger partial charge in [0.2, 0.25) is 5.91 Å². The Labute approximate surface area is 456 Å². The van der Waals surface area contributed by atoms with Crippen molar-refractivity contribution in [2.24, 2.45) is 0 Å². The highest BCUT2D eigenvalue weighted by molar-refractivity contribution is 7.20. The number of alkyl halides is 4. The lowest BCUT2D eigenvalue weighted by atomic mass is 10.0. The number of piperidine rings is 1. The van der Waals surface area contributed by atoms with E-state index in [0.29, 0.717) is 88.7 Å². The van der Waals surface area contributed by atoms with Crippen LogP contribution in [-0.2, 0) is 20.7 Å². The summed E-state index contributed by atoms with van der Waals surface area (Å²) in [6.45, 7) is 2.23. The number of nitrogens with one attached hydrogen (secondary N) is 5. The summed E-state index contributed by atoms with van der Waals surface area (Å²) in [7, 11) is 3.21. The molecule has 6 atom stereocenters. The second-order valence-electron chi connectivity index (χ2n) is 19.4. The molecule has 3 aromatic heterocycles. The number of pyridine rings is 1. The van der Waals surface area contributed by atoms with Gasteiger partial charge in [-0.15, -0.1) is 11.3 Å². The Kier molecular flexibility index (Phi) is 18.4. The number of carbonyl (C=O) groups is 2. The third kappa shape index (κ3) is 14.0.